The van der Waals surface area contributed by atoms with Crippen molar-refractivity contribution in [1.82, 2.24) is 9.78 Å². The number of aromatic carboxylic acids is 1. The Bertz CT molecular complexity index is 876. The molecule has 6 heteroatoms. The lowest BCUT2D eigenvalue weighted by atomic mass is 10.1. The number of benzene rings is 2. The van der Waals surface area contributed by atoms with Crippen molar-refractivity contribution in [2.24, 2.45) is 0 Å². The molecule has 0 unspecified atom stereocenters. The molecule has 0 fully saturated rings. The monoisotopic (exact) mass is 332 g/mol. The summed E-state index contributed by atoms with van der Waals surface area (Å²) in [5.74, 6) is -1.34. The van der Waals surface area contributed by atoms with Crippen LogP contribution in [0, 0.1) is 5.82 Å². The lowest BCUT2D eigenvalue weighted by molar-refractivity contribution is 0.0685. The molecule has 0 saturated heterocycles. The van der Waals surface area contributed by atoms with E-state index in [-0.39, 0.29) is 11.5 Å². The van der Waals surface area contributed by atoms with Crippen LogP contribution in [0.5, 0.6) is 0 Å². The van der Waals surface area contributed by atoms with Crippen LogP contribution in [-0.2, 0) is 13.0 Å². The summed E-state index contributed by atoms with van der Waals surface area (Å²) < 4.78 is 14.7. The predicted octanol–water partition coefficient (Wildman–Crippen LogP) is 4.16. The molecule has 0 aliphatic carbocycles. The van der Waals surface area contributed by atoms with E-state index in [1.807, 2.05) is 6.07 Å². The molecule has 4 nitrogen and oxygen atoms in total. The fourth-order valence-electron chi connectivity index (χ4n) is 2.62. The third-order valence-electron chi connectivity index (χ3n) is 3.67. The summed E-state index contributed by atoms with van der Waals surface area (Å²) in [5, 5.41) is 14.9. The first-order chi connectivity index (χ1) is 11.1. The van der Waals surface area contributed by atoms with Crippen LogP contribution in [0.4, 0.5) is 4.39 Å². The molecule has 1 aromatic heterocycles. The lowest BCUT2D eigenvalue weighted by Crippen LogP contribution is -2.11. The quantitative estimate of drug-likeness (QED) is 0.763. The van der Waals surface area contributed by atoms with Crippen molar-refractivity contribution < 1.29 is 14.3 Å². The molecule has 2 aromatic carbocycles. The van der Waals surface area contributed by atoms with E-state index in [0.717, 1.165) is 0 Å². The Kier molecular flexibility index (Phi) is 4.30. The lowest BCUT2D eigenvalue weighted by Gasteiger charge is -2.06. The number of halogens is 2. The third-order valence-corrected chi connectivity index (χ3v) is 4.04. The van der Waals surface area contributed by atoms with Gasteiger partial charge in [-0.2, -0.15) is 5.10 Å². The summed E-state index contributed by atoms with van der Waals surface area (Å²) in [6, 6.07) is 11.4. The van der Waals surface area contributed by atoms with Gasteiger partial charge in [0.15, 0.2) is 5.69 Å². The van der Waals surface area contributed by atoms with Gasteiger partial charge in [-0.1, -0.05) is 29.8 Å². The second-order valence-corrected chi connectivity index (χ2v) is 5.64. The molecule has 0 bridgehead atoms. The minimum Gasteiger partial charge on any atom is -0.477 e. The topological polar surface area (TPSA) is 55.1 Å². The number of rotatable bonds is 5. The zero-order valence-corrected chi connectivity index (χ0v) is 12.9. The highest BCUT2D eigenvalue weighted by Gasteiger charge is 2.17. The summed E-state index contributed by atoms with van der Waals surface area (Å²) in [6.45, 7) is 0.420. The Labute approximate surface area is 137 Å². The maximum atomic E-state index is 13.3. The number of carboxylic acids is 1. The van der Waals surface area contributed by atoms with E-state index in [2.05, 4.69) is 5.10 Å². The van der Waals surface area contributed by atoms with Gasteiger partial charge in [-0.3, -0.25) is 4.68 Å². The van der Waals surface area contributed by atoms with Gasteiger partial charge in [-0.25, -0.2) is 9.18 Å². The second-order valence-electron chi connectivity index (χ2n) is 5.23. The van der Waals surface area contributed by atoms with Gasteiger partial charge in [0, 0.05) is 17.0 Å². The van der Waals surface area contributed by atoms with Crippen LogP contribution in [0.25, 0.3) is 10.9 Å². The van der Waals surface area contributed by atoms with Crippen LogP contribution in [0.15, 0.2) is 42.5 Å². The molecule has 1 N–H and O–H groups in total. The van der Waals surface area contributed by atoms with Gasteiger partial charge in [0.2, 0.25) is 0 Å². The molecule has 0 radical (unpaired) electrons. The molecule has 23 heavy (non-hydrogen) atoms. The van der Waals surface area contributed by atoms with E-state index in [0.29, 0.717) is 40.9 Å². The molecule has 0 spiro atoms. The van der Waals surface area contributed by atoms with Crippen molar-refractivity contribution in [2.75, 3.05) is 0 Å². The fourth-order valence-corrected chi connectivity index (χ4v) is 2.83. The first-order valence-corrected chi connectivity index (χ1v) is 7.57. The number of carboxylic acid groups (broad SMARTS) is 1. The molecular formula is C17H14ClFN2O2. The summed E-state index contributed by atoms with van der Waals surface area (Å²) >= 11 is 6.04. The Morgan fingerprint density at radius 2 is 2.04 bits per heavy atom. The summed E-state index contributed by atoms with van der Waals surface area (Å²) in [7, 11) is 0. The number of carbonyl (C=O) groups is 1. The predicted molar refractivity (Wildman–Crippen MR) is 86.4 cm³/mol. The Morgan fingerprint density at radius 1 is 1.26 bits per heavy atom. The molecule has 0 amide bonds. The van der Waals surface area contributed by atoms with E-state index in [1.165, 1.54) is 22.9 Å². The number of aryl methyl sites for hydroxylation is 2. The van der Waals surface area contributed by atoms with E-state index in [1.54, 1.807) is 18.2 Å². The van der Waals surface area contributed by atoms with Gasteiger partial charge in [0.1, 0.15) is 5.82 Å². The Balaban J connectivity index is 1.80. The van der Waals surface area contributed by atoms with E-state index in [9.17, 15) is 14.3 Å². The first-order valence-electron chi connectivity index (χ1n) is 7.19. The number of hydrogen-bond acceptors (Lipinski definition) is 2. The maximum Gasteiger partial charge on any atom is 0.354 e. The minimum atomic E-state index is -1.01. The average Bonchev–Trinajstić information content (AvgIpc) is 2.89. The molecule has 0 aliphatic heterocycles. The highest BCUT2D eigenvalue weighted by atomic mass is 35.5. The standard InChI is InChI=1S/C17H14ClFN2O2/c18-14-8-7-12(19)10-11(14)4-3-9-21-16(17(22)23)13-5-1-2-6-15(13)20-21/h1-2,5-8,10H,3-4,9H2,(H,22,23). The van der Waals surface area contributed by atoms with Gasteiger partial charge < -0.3 is 5.11 Å². The van der Waals surface area contributed by atoms with E-state index < -0.39 is 5.97 Å². The van der Waals surface area contributed by atoms with Crippen LogP contribution in [0.1, 0.15) is 22.5 Å². The summed E-state index contributed by atoms with van der Waals surface area (Å²) in [6.07, 6.45) is 1.16. The van der Waals surface area contributed by atoms with Crippen molar-refractivity contribution in [3.8, 4) is 0 Å². The van der Waals surface area contributed by atoms with Gasteiger partial charge in [0.25, 0.3) is 0 Å². The zero-order valence-electron chi connectivity index (χ0n) is 12.2. The van der Waals surface area contributed by atoms with Crippen molar-refractivity contribution in [2.45, 2.75) is 19.4 Å². The molecule has 3 rings (SSSR count). The van der Waals surface area contributed by atoms with Crippen LogP contribution >= 0.6 is 11.6 Å². The minimum absolute atomic E-state index is 0.172. The number of nitrogens with zero attached hydrogens (tertiary/aromatic N) is 2. The van der Waals surface area contributed by atoms with Gasteiger partial charge >= 0.3 is 5.97 Å². The summed E-state index contributed by atoms with van der Waals surface area (Å²) in [4.78, 5) is 11.5. The molecule has 1 heterocycles. The molecule has 3 aromatic rings. The zero-order chi connectivity index (χ0) is 16.4. The van der Waals surface area contributed by atoms with Crippen LogP contribution in [-0.4, -0.2) is 20.9 Å². The van der Waals surface area contributed by atoms with Crippen molar-refractivity contribution in [1.29, 1.82) is 0 Å². The van der Waals surface area contributed by atoms with Crippen LogP contribution in [0.2, 0.25) is 5.02 Å². The number of aromatic nitrogens is 2. The second kappa shape index (κ2) is 6.38. The Morgan fingerprint density at radius 3 is 2.83 bits per heavy atom. The van der Waals surface area contributed by atoms with Gasteiger partial charge in [0.05, 0.1) is 5.52 Å². The Hall–Kier alpha value is -2.40. The van der Waals surface area contributed by atoms with Gasteiger partial charge in [-0.15, -0.1) is 0 Å². The molecule has 118 valence electrons. The highest BCUT2D eigenvalue weighted by molar-refractivity contribution is 6.31. The van der Waals surface area contributed by atoms with E-state index >= 15 is 0 Å². The van der Waals surface area contributed by atoms with Crippen molar-refractivity contribution >= 4 is 28.5 Å². The average molecular weight is 333 g/mol. The highest BCUT2D eigenvalue weighted by Crippen LogP contribution is 2.21. The van der Waals surface area contributed by atoms with Crippen LogP contribution in [0.3, 0.4) is 0 Å². The molecule has 0 saturated carbocycles. The fraction of sp³-hybridized carbons (Fsp3) is 0.176. The smallest absolute Gasteiger partial charge is 0.354 e. The summed E-state index contributed by atoms with van der Waals surface area (Å²) in [5.41, 5.74) is 1.53. The van der Waals surface area contributed by atoms with Crippen LogP contribution < -0.4 is 0 Å². The third kappa shape index (κ3) is 3.19. The number of fused-ring (bicyclic) bond motifs is 1. The normalized spacial score (nSPS) is 11.0. The van der Waals surface area contributed by atoms with Gasteiger partial charge in [-0.05, 0) is 42.7 Å². The first kappa shape index (κ1) is 15.5. The largest absolute Gasteiger partial charge is 0.477 e. The molecule has 0 aliphatic rings. The number of hydrogen-bond donors (Lipinski definition) is 1. The molecular weight excluding hydrogens is 319 g/mol. The molecule has 0 atom stereocenters. The van der Waals surface area contributed by atoms with Crippen molar-refractivity contribution in [3.63, 3.8) is 0 Å². The van der Waals surface area contributed by atoms with Crippen molar-refractivity contribution in [3.05, 3.63) is 64.6 Å². The SMILES string of the molecule is O=C(O)c1c2ccccc2nn1CCCc1cc(F)ccc1Cl. The van der Waals surface area contributed by atoms with E-state index in [4.69, 9.17) is 11.6 Å². The maximum absolute atomic E-state index is 13.3.